The van der Waals surface area contributed by atoms with E-state index in [0.29, 0.717) is 30.4 Å². The Kier molecular flexibility index (Phi) is 8.20. The van der Waals surface area contributed by atoms with Gasteiger partial charge in [0, 0.05) is 55.4 Å². The van der Waals surface area contributed by atoms with Crippen molar-refractivity contribution in [2.24, 2.45) is 5.73 Å². The third-order valence-corrected chi connectivity index (χ3v) is 7.23. The van der Waals surface area contributed by atoms with Gasteiger partial charge in [-0.2, -0.15) is 11.8 Å². The number of para-hydroxylation sites is 1. The van der Waals surface area contributed by atoms with Crippen LogP contribution < -0.4 is 10.6 Å². The van der Waals surface area contributed by atoms with E-state index in [9.17, 15) is 27.6 Å². The van der Waals surface area contributed by atoms with Crippen LogP contribution in [0.5, 0.6) is 0 Å². The lowest BCUT2D eigenvalue weighted by Gasteiger charge is -2.30. The van der Waals surface area contributed by atoms with E-state index >= 15 is 0 Å². The standard InChI is InChI=1S/C25H27F3N4O3S/c26-19-12-21(28)20(27)10-17(19)9-18(29)11-23(33)31-13-16-3-1-2-4-22(16)32(25(35)14-31)15-24(34)30-5-7-36-8-6-30/h1-4,10,12,18H,5-9,11,13-15,29H2/t18-/m1/s1. The van der Waals surface area contributed by atoms with Crippen LogP contribution in [0.4, 0.5) is 18.9 Å². The molecule has 2 N–H and O–H groups in total. The first kappa shape index (κ1) is 26.0. The van der Waals surface area contributed by atoms with Crippen LogP contribution in [0.25, 0.3) is 0 Å². The molecule has 2 aromatic rings. The van der Waals surface area contributed by atoms with Crippen LogP contribution in [-0.4, -0.2) is 71.2 Å². The number of carbonyl (C=O) groups excluding carboxylic acids is 3. The summed E-state index contributed by atoms with van der Waals surface area (Å²) >= 11 is 1.78. The first-order chi connectivity index (χ1) is 17.2. The summed E-state index contributed by atoms with van der Waals surface area (Å²) in [5.41, 5.74) is 7.19. The lowest BCUT2D eigenvalue weighted by Crippen LogP contribution is -2.48. The van der Waals surface area contributed by atoms with E-state index in [1.807, 2.05) is 0 Å². The Labute approximate surface area is 211 Å². The van der Waals surface area contributed by atoms with Gasteiger partial charge in [0.1, 0.15) is 18.9 Å². The summed E-state index contributed by atoms with van der Waals surface area (Å²) in [4.78, 5) is 43.7. The molecule has 2 heterocycles. The quantitative estimate of drug-likeness (QED) is 0.591. The van der Waals surface area contributed by atoms with Gasteiger partial charge in [-0.05, 0) is 29.7 Å². The van der Waals surface area contributed by atoms with Crippen LogP contribution in [0.3, 0.4) is 0 Å². The number of hydrogen-bond donors (Lipinski definition) is 1. The Bertz CT molecular complexity index is 1160. The molecule has 1 atom stereocenters. The van der Waals surface area contributed by atoms with Crippen molar-refractivity contribution >= 4 is 35.2 Å². The Morgan fingerprint density at radius 1 is 0.944 bits per heavy atom. The predicted octanol–water partition coefficient (Wildman–Crippen LogP) is 2.31. The fourth-order valence-electron chi connectivity index (χ4n) is 4.38. The summed E-state index contributed by atoms with van der Waals surface area (Å²) < 4.78 is 40.7. The maximum Gasteiger partial charge on any atom is 0.247 e. The molecule has 0 saturated carbocycles. The molecule has 1 fully saturated rings. The monoisotopic (exact) mass is 520 g/mol. The topological polar surface area (TPSA) is 87.0 Å². The molecule has 4 rings (SSSR count). The molecule has 0 aliphatic carbocycles. The maximum absolute atomic E-state index is 14.0. The smallest absolute Gasteiger partial charge is 0.247 e. The normalized spacial score (nSPS) is 17.0. The predicted molar refractivity (Wildman–Crippen MR) is 131 cm³/mol. The number of thioether (sulfide) groups is 1. The number of fused-ring (bicyclic) bond motifs is 1. The fourth-order valence-corrected chi connectivity index (χ4v) is 5.28. The van der Waals surface area contributed by atoms with Crippen molar-refractivity contribution in [3.8, 4) is 0 Å². The fraction of sp³-hybridized carbons (Fsp3) is 0.400. The second-order valence-corrected chi connectivity index (χ2v) is 10.1. The average molecular weight is 521 g/mol. The third-order valence-electron chi connectivity index (χ3n) is 6.29. The maximum atomic E-state index is 14.0. The number of halogens is 3. The molecule has 0 spiro atoms. The van der Waals surface area contributed by atoms with Crippen LogP contribution in [0, 0.1) is 17.5 Å². The minimum absolute atomic E-state index is 0.114. The van der Waals surface area contributed by atoms with Gasteiger partial charge in [-0.1, -0.05) is 18.2 Å². The molecule has 0 aromatic heterocycles. The Balaban J connectivity index is 1.46. The zero-order chi connectivity index (χ0) is 25.8. The zero-order valence-corrected chi connectivity index (χ0v) is 20.4. The van der Waals surface area contributed by atoms with Gasteiger partial charge in [-0.25, -0.2) is 13.2 Å². The van der Waals surface area contributed by atoms with E-state index in [4.69, 9.17) is 5.73 Å². The molecule has 0 radical (unpaired) electrons. The van der Waals surface area contributed by atoms with Gasteiger partial charge in [0.15, 0.2) is 11.6 Å². The highest BCUT2D eigenvalue weighted by Crippen LogP contribution is 2.26. The van der Waals surface area contributed by atoms with Gasteiger partial charge in [0.05, 0.1) is 0 Å². The number of anilines is 1. The van der Waals surface area contributed by atoms with E-state index < -0.39 is 35.3 Å². The van der Waals surface area contributed by atoms with Gasteiger partial charge < -0.3 is 20.4 Å². The van der Waals surface area contributed by atoms with E-state index in [-0.39, 0.29) is 43.9 Å². The van der Waals surface area contributed by atoms with Crippen molar-refractivity contribution in [2.75, 3.05) is 42.6 Å². The number of carbonyl (C=O) groups is 3. The van der Waals surface area contributed by atoms with Crippen molar-refractivity contribution in [1.82, 2.24) is 9.80 Å². The highest BCUT2D eigenvalue weighted by Gasteiger charge is 2.31. The number of nitrogens with zero attached hydrogens (tertiary/aromatic N) is 3. The summed E-state index contributed by atoms with van der Waals surface area (Å²) in [5.74, 6) is -2.71. The largest absolute Gasteiger partial charge is 0.339 e. The van der Waals surface area contributed by atoms with Crippen molar-refractivity contribution in [2.45, 2.75) is 25.4 Å². The van der Waals surface area contributed by atoms with Crippen molar-refractivity contribution in [3.05, 3.63) is 65.0 Å². The number of rotatable bonds is 6. The molecule has 192 valence electrons. The summed E-state index contributed by atoms with van der Waals surface area (Å²) in [7, 11) is 0. The summed E-state index contributed by atoms with van der Waals surface area (Å²) in [6, 6.07) is 7.40. The number of hydrogen-bond acceptors (Lipinski definition) is 5. The van der Waals surface area contributed by atoms with Gasteiger partial charge in [-0.3, -0.25) is 14.4 Å². The Morgan fingerprint density at radius 3 is 2.39 bits per heavy atom. The van der Waals surface area contributed by atoms with Crippen LogP contribution in [-0.2, 0) is 27.3 Å². The first-order valence-corrected chi connectivity index (χ1v) is 12.8. The van der Waals surface area contributed by atoms with Crippen LogP contribution in [0.15, 0.2) is 36.4 Å². The summed E-state index contributed by atoms with van der Waals surface area (Å²) in [6.45, 7) is 1.04. The molecular formula is C25H27F3N4O3S. The van der Waals surface area contributed by atoms with Gasteiger partial charge >= 0.3 is 0 Å². The molecule has 2 aliphatic heterocycles. The van der Waals surface area contributed by atoms with Gasteiger partial charge in [0.25, 0.3) is 0 Å². The molecule has 3 amide bonds. The van der Waals surface area contributed by atoms with E-state index in [1.54, 1.807) is 40.9 Å². The Hall–Kier alpha value is -3.05. The average Bonchev–Trinajstić information content (AvgIpc) is 2.99. The van der Waals surface area contributed by atoms with E-state index in [2.05, 4.69) is 0 Å². The van der Waals surface area contributed by atoms with Crippen molar-refractivity contribution < 1.29 is 27.6 Å². The van der Waals surface area contributed by atoms with E-state index in [1.165, 1.54) is 9.80 Å². The van der Waals surface area contributed by atoms with Crippen LogP contribution >= 0.6 is 11.8 Å². The second-order valence-electron chi connectivity index (χ2n) is 8.88. The minimum Gasteiger partial charge on any atom is -0.339 e. The molecule has 11 heteroatoms. The molecule has 0 bridgehead atoms. The lowest BCUT2D eigenvalue weighted by atomic mass is 10.0. The van der Waals surface area contributed by atoms with Gasteiger partial charge in [-0.15, -0.1) is 0 Å². The Morgan fingerprint density at radius 2 is 1.64 bits per heavy atom. The third kappa shape index (κ3) is 6.01. The van der Waals surface area contributed by atoms with Crippen molar-refractivity contribution in [3.63, 3.8) is 0 Å². The molecule has 2 aliphatic rings. The SMILES string of the molecule is N[C@@H](CC(=O)N1CC(=O)N(CC(=O)N2CCSCC2)c2ccccc2C1)Cc1cc(F)c(F)cc1F. The van der Waals surface area contributed by atoms with Crippen LogP contribution in [0.1, 0.15) is 17.5 Å². The summed E-state index contributed by atoms with van der Waals surface area (Å²) in [6.07, 6.45) is -0.403. The van der Waals surface area contributed by atoms with Gasteiger partial charge in [0.2, 0.25) is 17.7 Å². The van der Waals surface area contributed by atoms with Crippen molar-refractivity contribution in [1.29, 1.82) is 0 Å². The summed E-state index contributed by atoms with van der Waals surface area (Å²) in [5, 5.41) is 0. The highest BCUT2D eigenvalue weighted by molar-refractivity contribution is 7.99. The highest BCUT2D eigenvalue weighted by atomic mass is 32.2. The lowest BCUT2D eigenvalue weighted by molar-refractivity contribution is -0.136. The number of nitrogens with two attached hydrogens (primary N) is 1. The zero-order valence-electron chi connectivity index (χ0n) is 19.6. The second kappa shape index (κ2) is 11.3. The molecular weight excluding hydrogens is 493 g/mol. The minimum atomic E-state index is -1.30. The molecule has 36 heavy (non-hydrogen) atoms. The van der Waals surface area contributed by atoms with Crippen LogP contribution in [0.2, 0.25) is 0 Å². The first-order valence-electron chi connectivity index (χ1n) is 11.6. The number of amides is 3. The van der Waals surface area contributed by atoms with E-state index in [0.717, 1.165) is 17.6 Å². The number of benzene rings is 2. The molecule has 2 aromatic carbocycles. The molecule has 7 nitrogen and oxygen atoms in total. The molecule has 1 saturated heterocycles. The molecule has 0 unspecified atom stereocenters.